The Morgan fingerprint density at radius 1 is 1.40 bits per heavy atom. The number of fused-ring (bicyclic) bond motifs is 3. The zero-order valence-corrected chi connectivity index (χ0v) is 13.1. The van der Waals surface area contributed by atoms with Crippen LogP contribution in [0.15, 0.2) is 0 Å². The molecule has 1 amide bonds. The van der Waals surface area contributed by atoms with Crippen LogP contribution >= 0.6 is 0 Å². The molecule has 0 aromatic rings. The van der Waals surface area contributed by atoms with Crippen molar-refractivity contribution in [2.75, 3.05) is 0 Å². The first-order valence-corrected chi connectivity index (χ1v) is 8.62. The largest absolute Gasteiger partial charge is 0.274 e. The predicted octanol–water partition coefficient (Wildman–Crippen LogP) is 2.11. The molecule has 110 valence electrons. The van der Waals surface area contributed by atoms with Crippen molar-refractivity contribution in [3.63, 3.8) is 0 Å². The Bertz CT molecular complexity index is 630. The SMILES string of the molecule is C#CCCC(=O)N1[C@]2(CC3CCC2(C)C3(C)C)S1(=O)=O. The van der Waals surface area contributed by atoms with Gasteiger partial charge >= 0.3 is 0 Å². The maximum absolute atomic E-state index is 12.6. The van der Waals surface area contributed by atoms with Crippen LogP contribution in [0.2, 0.25) is 0 Å². The van der Waals surface area contributed by atoms with Gasteiger partial charge in [-0.1, -0.05) is 20.8 Å². The van der Waals surface area contributed by atoms with Gasteiger partial charge in [0.05, 0.1) is 0 Å². The second kappa shape index (κ2) is 3.59. The molecule has 0 aromatic carbocycles. The molecule has 3 aliphatic rings. The van der Waals surface area contributed by atoms with Gasteiger partial charge in [0.2, 0.25) is 5.91 Å². The van der Waals surface area contributed by atoms with Crippen LogP contribution in [-0.4, -0.2) is 23.5 Å². The van der Waals surface area contributed by atoms with Crippen molar-refractivity contribution in [2.45, 2.75) is 57.7 Å². The fourth-order valence-electron chi connectivity index (χ4n) is 4.81. The minimum atomic E-state index is -3.47. The third-order valence-electron chi connectivity index (χ3n) is 6.49. The lowest BCUT2D eigenvalue weighted by molar-refractivity contribution is -0.127. The molecule has 0 radical (unpaired) electrons. The summed E-state index contributed by atoms with van der Waals surface area (Å²) in [6.07, 6.45) is 8.13. The highest BCUT2D eigenvalue weighted by Crippen LogP contribution is 2.78. The van der Waals surface area contributed by atoms with E-state index in [1.807, 2.05) is 6.92 Å². The Morgan fingerprint density at radius 3 is 2.50 bits per heavy atom. The van der Waals surface area contributed by atoms with Crippen LogP contribution in [-0.2, 0) is 14.8 Å². The van der Waals surface area contributed by atoms with Crippen LogP contribution in [0.25, 0.3) is 0 Å². The summed E-state index contributed by atoms with van der Waals surface area (Å²) in [5.74, 6) is 2.46. The van der Waals surface area contributed by atoms with E-state index in [1.54, 1.807) is 0 Å². The number of carbonyl (C=O) groups is 1. The molecule has 1 spiro atoms. The monoisotopic (exact) mass is 295 g/mol. The molecule has 2 unspecified atom stereocenters. The molecule has 2 bridgehead atoms. The Morgan fingerprint density at radius 2 is 2.05 bits per heavy atom. The molecular weight excluding hydrogens is 274 g/mol. The van der Waals surface area contributed by atoms with Gasteiger partial charge in [-0.3, -0.25) is 4.79 Å². The van der Waals surface area contributed by atoms with Crippen molar-refractivity contribution in [3.05, 3.63) is 0 Å². The summed E-state index contributed by atoms with van der Waals surface area (Å²) in [7, 11) is -3.47. The molecule has 1 heterocycles. The first-order chi connectivity index (χ1) is 9.17. The molecule has 2 saturated carbocycles. The van der Waals surface area contributed by atoms with Gasteiger partial charge in [0, 0.05) is 18.3 Å². The van der Waals surface area contributed by atoms with Crippen molar-refractivity contribution in [1.82, 2.24) is 4.31 Å². The summed E-state index contributed by atoms with van der Waals surface area (Å²) in [6.45, 7) is 6.35. The Balaban J connectivity index is 2.00. The highest BCUT2D eigenvalue weighted by molar-refractivity contribution is 7.97. The summed E-state index contributed by atoms with van der Waals surface area (Å²) in [6, 6.07) is 0. The lowest BCUT2D eigenvalue weighted by Gasteiger charge is -2.37. The number of terminal acetylenes is 1. The standard InChI is InChI=1S/C15H21NO3S/c1-5-6-7-12(17)16-15(20(16,18)19)10-11-8-9-14(15,4)13(11,2)3/h1,11H,6-10H2,2-4H3/t11?,14?,15-,16?/m1/s1. The van der Waals surface area contributed by atoms with E-state index in [2.05, 4.69) is 19.8 Å². The van der Waals surface area contributed by atoms with E-state index in [1.165, 1.54) is 0 Å². The number of nitrogens with zero attached hydrogens (tertiary/aromatic N) is 1. The van der Waals surface area contributed by atoms with E-state index in [-0.39, 0.29) is 23.2 Å². The molecule has 4 nitrogen and oxygen atoms in total. The van der Waals surface area contributed by atoms with Crippen molar-refractivity contribution < 1.29 is 13.2 Å². The lowest BCUT2D eigenvalue weighted by atomic mass is 9.69. The Labute approximate surface area is 121 Å². The molecule has 1 saturated heterocycles. The smallest absolute Gasteiger partial charge is 0.264 e. The Hall–Kier alpha value is -1.02. The summed E-state index contributed by atoms with van der Waals surface area (Å²) < 4.78 is 26.3. The molecule has 20 heavy (non-hydrogen) atoms. The molecule has 3 atom stereocenters. The van der Waals surface area contributed by atoms with Crippen molar-refractivity contribution >= 4 is 15.9 Å². The fourth-order valence-corrected chi connectivity index (χ4v) is 7.66. The third kappa shape index (κ3) is 1.17. The zero-order chi connectivity index (χ0) is 15.0. The second-order valence-electron chi connectivity index (χ2n) is 7.15. The molecule has 0 aromatic heterocycles. The molecule has 2 aliphatic carbocycles. The first-order valence-electron chi connectivity index (χ1n) is 7.18. The minimum absolute atomic E-state index is 0.0405. The van der Waals surface area contributed by atoms with Crippen molar-refractivity contribution in [3.8, 4) is 12.3 Å². The van der Waals surface area contributed by atoms with Crippen LogP contribution in [0.1, 0.15) is 52.9 Å². The predicted molar refractivity (Wildman–Crippen MR) is 75.8 cm³/mol. The van der Waals surface area contributed by atoms with Gasteiger partial charge in [-0.25, -0.2) is 12.7 Å². The lowest BCUT2D eigenvalue weighted by Crippen LogP contribution is -2.42. The van der Waals surface area contributed by atoms with Gasteiger partial charge in [-0.05, 0) is 30.6 Å². The maximum atomic E-state index is 12.6. The van der Waals surface area contributed by atoms with E-state index in [4.69, 9.17) is 6.42 Å². The van der Waals surface area contributed by atoms with Gasteiger partial charge in [0.25, 0.3) is 10.0 Å². The van der Waals surface area contributed by atoms with Gasteiger partial charge in [-0.2, -0.15) is 0 Å². The van der Waals surface area contributed by atoms with Crippen molar-refractivity contribution in [2.24, 2.45) is 16.7 Å². The zero-order valence-electron chi connectivity index (χ0n) is 12.3. The van der Waals surface area contributed by atoms with Gasteiger partial charge in [0.1, 0.15) is 0 Å². The van der Waals surface area contributed by atoms with Gasteiger partial charge in [-0.15, -0.1) is 12.3 Å². The highest BCUT2D eigenvalue weighted by Gasteiger charge is 2.87. The average Bonchev–Trinajstić information content (AvgIpc) is 2.68. The van der Waals surface area contributed by atoms with Crippen LogP contribution in [0.3, 0.4) is 0 Å². The number of rotatable bonds is 2. The molecule has 3 rings (SSSR count). The molecular formula is C15H21NO3S. The van der Waals surface area contributed by atoms with E-state index in [0.29, 0.717) is 18.8 Å². The summed E-state index contributed by atoms with van der Waals surface area (Å²) in [5.41, 5.74) is -0.378. The average molecular weight is 295 g/mol. The van der Waals surface area contributed by atoms with Crippen LogP contribution in [0, 0.1) is 29.1 Å². The number of hydrogen-bond donors (Lipinski definition) is 0. The van der Waals surface area contributed by atoms with E-state index >= 15 is 0 Å². The third-order valence-corrected chi connectivity index (χ3v) is 8.97. The minimum Gasteiger partial charge on any atom is -0.274 e. The normalized spacial score (nSPS) is 42.7. The van der Waals surface area contributed by atoms with Crippen LogP contribution in [0.5, 0.6) is 0 Å². The number of carbonyl (C=O) groups excluding carboxylic acids is 1. The first kappa shape index (κ1) is 13.9. The summed E-state index contributed by atoms with van der Waals surface area (Å²) in [4.78, 5) is 11.3. The van der Waals surface area contributed by atoms with E-state index in [0.717, 1.165) is 17.1 Å². The maximum Gasteiger partial charge on any atom is 0.264 e. The fraction of sp³-hybridized carbons (Fsp3) is 0.800. The summed E-state index contributed by atoms with van der Waals surface area (Å²) >= 11 is 0. The number of amides is 1. The number of sulfonamides is 1. The molecule has 1 aliphatic heterocycles. The topological polar surface area (TPSA) is 54.2 Å². The molecule has 5 heteroatoms. The van der Waals surface area contributed by atoms with E-state index < -0.39 is 14.9 Å². The van der Waals surface area contributed by atoms with Crippen LogP contribution < -0.4 is 0 Å². The quantitative estimate of drug-likeness (QED) is 0.579. The molecule has 0 N–H and O–H groups in total. The highest BCUT2D eigenvalue weighted by atomic mass is 32.2. The summed E-state index contributed by atoms with van der Waals surface area (Å²) in [5, 5.41) is 0. The number of hydrogen-bond acceptors (Lipinski definition) is 3. The van der Waals surface area contributed by atoms with Gasteiger partial charge < -0.3 is 0 Å². The van der Waals surface area contributed by atoms with Gasteiger partial charge in [0.15, 0.2) is 4.87 Å². The molecule has 3 fully saturated rings. The van der Waals surface area contributed by atoms with Crippen molar-refractivity contribution in [1.29, 1.82) is 0 Å². The van der Waals surface area contributed by atoms with E-state index in [9.17, 15) is 13.2 Å². The Kier molecular flexibility index (Phi) is 2.50. The second-order valence-corrected chi connectivity index (χ2v) is 9.14. The van der Waals surface area contributed by atoms with Crippen LogP contribution in [0.4, 0.5) is 0 Å².